The van der Waals surface area contributed by atoms with Crippen molar-refractivity contribution in [1.29, 1.82) is 0 Å². The lowest BCUT2D eigenvalue weighted by Gasteiger charge is -2.09. The van der Waals surface area contributed by atoms with E-state index in [4.69, 9.17) is 11.6 Å². The van der Waals surface area contributed by atoms with E-state index in [2.05, 4.69) is 5.32 Å². The van der Waals surface area contributed by atoms with Crippen LogP contribution in [0.3, 0.4) is 0 Å². The molecule has 4 heteroatoms. The lowest BCUT2D eigenvalue weighted by Crippen LogP contribution is -2.13. The molecule has 2 N–H and O–H groups in total. The first kappa shape index (κ1) is 13.4. The van der Waals surface area contributed by atoms with Gasteiger partial charge in [-0.3, -0.25) is 4.79 Å². The van der Waals surface area contributed by atoms with Crippen LogP contribution in [0, 0.1) is 13.8 Å². The second-order valence-corrected chi connectivity index (χ2v) is 4.85. The summed E-state index contributed by atoms with van der Waals surface area (Å²) in [6.07, 6.45) is 0. The second-order valence-electron chi connectivity index (χ2n) is 4.44. The van der Waals surface area contributed by atoms with Gasteiger partial charge in [0.05, 0.1) is 5.02 Å². The number of benzene rings is 2. The Morgan fingerprint density at radius 2 is 1.89 bits per heavy atom. The van der Waals surface area contributed by atoms with Gasteiger partial charge in [0.2, 0.25) is 0 Å². The van der Waals surface area contributed by atoms with Crippen molar-refractivity contribution in [3.8, 4) is 5.75 Å². The van der Waals surface area contributed by atoms with Gasteiger partial charge in [-0.1, -0.05) is 29.3 Å². The zero-order valence-electron chi connectivity index (χ0n) is 10.7. The molecule has 3 nitrogen and oxygen atoms in total. The van der Waals surface area contributed by atoms with Crippen molar-refractivity contribution in [2.75, 3.05) is 5.32 Å². The number of nitrogens with one attached hydrogen (secondary N) is 1. The molecule has 0 saturated carbocycles. The number of aryl methyl sites for hydroxylation is 2. The van der Waals surface area contributed by atoms with Crippen LogP contribution in [-0.4, -0.2) is 11.0 Å². The maximum atomic E-state index is 12.1. The van der Waals surface area contributed by atoms with Gasteiger partial charge in [0, 0.05) is 17.3 Å². The van der Waals surface area contributed by atoms with Gasteiger partial charge < -0.3 is 10.4 Å². The minimum Gasteiger partial charge on any atom is -0.506 e. The van der Waals surface area contributed by atoms with Gasteiger partial charge >= 0.3 is 0 Å². The van der Waals surface area contributed by atoms with Gasteiger partial charge in [0.25, 0.3) is 5.91 Å². The van der Waals surface area contributed by atoms with E-state index in [-0.39, 0.29) is 16.7 Å². The second kappa shape index (κ2) is 5.33. The molecule has 0 heterocycles. The van der Waals surface area contributed by atoms with E-state index >= 15 is 0 Å². The first-order chi connectivity index (χ1) is 8.97. The lowest BCUT2D eigenvalue weighted by atomic mass is 10.1. The highest BCUT2D eigenvalue weighted by atomic mass is 35.5. The van der Waals surface area contributed by atoms with E-state index in [0.29, 0.717) is 11.3 Å². The van der Waals surface area contributed by atoms with E-state index in [1.54, 1.807) is 12.1 Å². The number of phenolic OH excluding ortho intramolecular Hbond substituents is 1. The highest BCUT2D eigenvalue weighted by molar-refractivity contribution is 6.32. The van der Waals surface area contributed by atoms with Gasteiger partial charge in [0.15, 0.2) is 0 Å². The van der Waals surface area contributed by atoms with Crippen molar-refractivity contribution in [3.63, 3.8) is 0 Å². The van der Waals surface area contributed by atoms with Crippen molar-refractivity contribution in [2.24, 2.45) is 0 Å². The summed E-state index contributed by atoms with van der Waals surface area (Å²) in [5.74, 6) is -0.265. The quantitative estimate of drug-likeness (QED) is 0.873. The van der Waals surface area contributed by atoms with E-state index in [0.717, 1.165) is 11.1 Å². The number of amides is 1. The van der Waals surface area contributed by atoms with Crippen molar-refractivity contribution in [2.45, 2.75) is 13.8 Å². The average Bonchev–Trinajstić information content (AvgIpc) is 2.33. The van der Waals surface area contributed by atoms with E-state index in [9.17, 15) is 9.90 Å². The number of halogens is 1. The van der Waals surface area contributed by atoms with Crippen molar-refractivity contribution in [1.82, 2.24) is 0 Å². The Bertz CT molecular complexity index is 638. The zero-order chi connectivity index (χ0) is 14.0. The summed E-state index contributed by atoms with van der Waals surface area (Å²) in [4.78, 5) is 12.1. The summed E-state index contributed by atoms with van der Waals surface area (Å²) < 4.78 is 0. The van der Waals surface area contributed by atoms with Crippen LogP contribution in [0.1, 0.15) is 21.5 Å². The fourth-order valence-electron chi connectivity index (χ4n) is 1.86. The van der Waals surface area contributed by atoms with Gasteiger partial charge in [-0.25, -0.2) is 0 Å². The molecule has 2 rings (SSSR count). The summed E-state index contributed by atoms with van der Waals surface area (Å²) >= 11 is 5.71. The number of rotatable bonds is 2. The number of phenols is 1. The Labute approximate surface area is 116 Å². The third-order valence-corrected chi connectivity index (χ3v) is 3.15. The maximum Gasteiger partial charge on any atom is 0.255 e. The fourth-order valence-corrected chi connectivity index (χ4v) is 1.97. The minimum atomic E-state index is -0.209. The Morgan fingerprint density at radius 1 is 1.16 bits per heavy atom. The van der Waals surface area contributed by atoms with E-state index < -0.39 is 0 Å². The average molecular weight is 276 g/mol. The van der Waals surface area contributed by atoms with Crippen LogP contribution in [0.2, 0.25) is 5.02 Å². The monoisotopic (exact) mass is 275 g/mol. The molecule has 0 aliphatic heterocycles. The number of carbonyl (C=O) groups is 1. The van der Waals surface area contributed by atoms with Crippen LogP contribution >= 0.6 is 11.6 Å². The molecule has 0 aliphatic carbocycles. The van der Waals surface area contributed by atoms with Gasteiger partial charge in [0.1, 0.15) is 5.75 Å². The van der Waals surface area contributed by atoms with E-state index in [1.165, 1.54) is 12.1 Å². The number of carbonyl (C=O) groups excluding carboxylic acids is 1. The number of hydrogen-bond donors (Lipinski definition) is 2. The number of anilines is 1. The van der Waals surface area contributed by atoms with Crippen LogP contribution in [-0.2, 0) is 0 Å². The molecule has 0 bridgehead atoms. The summed E-state index contributed by atoms with van der Waals surface area (Å²) in [5, 5.41) is 12.5. The molecular weight excluding hydrogens is 262 g/mol. The standard InChI is InChI=1S/C15H14ClNO2/c1-9-3-5-12(10(2)7-9)15(19)17-11-4-6-13(16)14(18)8-11/h3-8,18H,1-2H3,(H,17,19). The third-order valence-electron chi connectivity index (χ3n) is 2.83. The van der Waals surface area contributed by atoms with Gasteiger partial charge in [-0.05, 0) is 37.6 Å². The normalized spacial score (nSPS) is 10.3. The zero-order valence-corrected chi connectivity index (χ0v) is 11.5. The van der Waals surface area contributed by atoms with Gasteiger partial charge in [-0.15, -0.1) is 0 Å². The molecule has 0 aromatic heterocycles. The molecule has 0 aliphatic rings. The highest BCUT2D eigenvalue weighted by Crippen LogP contribution is 2.26. The molecule has 2 aromatic carbocycles. The summed E-state index contributed by atoms with van der Waals surface area (Å²) in [5.41, 5.74) is 3.14. The Balaban J connectivity index is 2.23. The first-order valence-corrected chi connectivity index (χ1v) is 6.22. The number of aromatic hydroxyl groups is 1. The maximum absolute atomic E-state index is 12.1. The molecule has 1 amide bonds. The summed E-state index contributed by atoms with van der Waals surface area (Å²) in [7, 11) is 0. The molecule has 0 fully saturated rings. The van der Waals surface area contributed by atoms with Crippen LogP contribution in [0.25, 0.3) is 0 Å². The molecule has 98 valence electrons. The largest absolute Gasteiger partial charge is 0.506 e. The Hall–Kier alpha value is -2.00. The third kappa shape index (κ3) is 3.06. The molecular formula is C15H14ClNO2. The molecule has 0 atom stereocenters. The summed E-state index contributed by atoms with van der Waals surface area (Å²) in [6.45, 7) is 3.87. The Kier molecular flexibility index (Phi) is 3.76. The van der Waals surface area contributed by atoms with Crippen LogP contribution in [0.4, 0.5) is 5.69 Å². The van der Waals surface area contributed by atoms with Crippen molar-refractivity contribution < 1.29 is 9.90 Å². The van der Waals surface area contributed by atoms with Crippen molar-refractivity contribution >= 4 is 23.2 Å². The topological polar surface area (TPSA) is 49.3 Å². The predicted octanol–water partition coefficient (Wildman–Crippen LogP) is 3.91. The van der Waals surface area contributed by atoms with Gasteiger partial charge in [-0.2, -0.15) is 0 Å². The SMILES string of the molecule is Cc1ccc(C(=O)Nc2ccc(Cl)c(O)c2)c(C)c1. The molecule has 0 spiro atoms. The molecule has 2 aromatic rings. The fraction of sp³-hybridized carbons (Fsp3) is 0.133. The summed E-state index contributed by atoms with van der Waals surface area (Å²) in [6, 6.07) is 10.2. The van der Waals surface area contributed by atoms with E-state index in [1.807, 2.05) is 26.0 Å². The van der Waals surface area contributed by atoms with Crippen LogP contribution in [0.5, 0.6) is 5.75 Å². The van der Waals surface area contributed by atoms with Crippen molar-refractivity contribution in [3.05, 3.63) is 58.1 Å². The highest BCUT2D eigenvalue weighted by Gasteiger charge is 2.10. The smallest absolute Gasteiger partial charge is 0.255 e. The predicted molar refractivity (Wildman–Crippen MR) is 77.0 cm³/mol. The molecule has 0 unspecified atom stereocenters. The molecule has 0 saturated heterocycles. The molecule has 0 radical (unpaired) electrons. The lowest BCUT2D eigenvalue weighted by molar-refractivity contribution is 0.102. The molecule has 19 heavy (non-hydrogen) atoms. The van der Waals surface area contributed by atoms with Crippen LogP contribution < -0.4 is 5.32 Å². The number of hydrogen-bond acceptors (Lipinski definition) is 2. The minimum absolute atomic E-state index is 0.0555. The Morgan fingerprint density at radius 3 is 2.53 bits per heavy atom. The first-order valence-electron chi connectivity index (χ1n) is 5.84. The van der Waals surface area contributed by atoms with Crippen LogP contribution in [0.15, 0.2) is 36.4 Å².